The average molecular weight is 292 g/mol. The minimum Gasteiger partial charge on any atom is -0.244 e. The van der Waals surface area contributed by atoms with Crippen LogP contribution in [0.1, 0.15) is 0 Å². The summed E-state index contributed by atoms with van der Waals surface area (Å²) in [4.78, 5) is 0. The first kappa shape index (κ1) is 16.7. The van der Waals surface area contributed by atoms with Crippen molar-refractivity contribution in [2.75, 3.05) is 0 Å². The van der Waals surface area contributed by atoms with Crippen LogP contribution in [0, 0.1) is 0 Å². The van der Waals surface area contributed by atoms with Crippen LogP contribution in [0.3, 0.4) is 0 Å². The summed E-state index contributed by atoms with van der Waals surface area (Å²) in [6, 6.07) is 0. The third-order valence-electron chi connectivity index (χ3n) is 1.38. The number of halogens is 10. The van der Waals surface area contributed by atoms with Gasteiger partial charge in [0.15, 0.2) is 5.83 Å². The molecule has 0 N–H and O–H groups in total. The maximum Gasteiger partial charge on any atom is 0.431 e. The number of alkyl halides is 6. The maximum atomic E-state index is 12.4. The van der Waals surface area contributed by atoms with Gasteiger partial charge in [0.05, 0.1) is 0 Å². The van der Waals surface area contributed by atoms with Gasteiger partial charge in [0.25, 0.3) is 5.83 Å². The highest BCUT2D eigenvalue weighted by atomic mass is 19.3. The fraction of sp³-hybridized carbons (Fsp3) is 0.429. The number of ether oxygens (including phenoxy) is 1. The van der Waals surface area contributed by atoms with Crippen LogP contribution < -0.4 is 0 Å². The van der Waals surface area contributed by atoms with Gasteiger partial charge >= 0.3 is 24.2 Å². The van der Waals surface area contributed by atoms with Crippen LogP contribution >= 0.6 is 0 Å². The molecule has 11 heteroatoms. The lowest BCUT2D eigenvalue weighted by atomic mass is 10.3. The second kappa shape index (κ2) is 4.78. The first-order valence-electron chi connectivity index (χ1n) is 3.65. The van der Waals surface area contributed by atoms with Gasteiger partial charge in [0, 0.05) is 0 Å². The minimum absolute atomic E-state index is 1.73. The summed E-state index contributed by atoms with van der Waals surface area (Å²) in [5.74, 6) is -12.8. The SMILES string of the molecule is C=C(F)C(F)(F)C(F)(F)OC(F)(F)C(F)=C(F)F. The van der Waals surface area contributed by atoms with Crippen LogP contribution in [0.25, 0.3) is 0 Å². The van der Waals surface area contributed by atoms with E-state index in [1.807, 2.05) is 4.74 Å². The van der Waals surface area contributed by atoms with Crippen LogP contribution in [-0.2, 0) is 4.74 Å². The van der Waals surface area contributed by atoms with Gasteiger partial charge in [-0.25, -0.2) is 9.13 Å². The molecular formula is C7H2F10O. The summed E-state index contributed by atoms with van der Waals surface area (Å²) in [5.41, 5.74) is 0. The molecule has 0 aromatic heterocycles. The van der Waals surface area contributed by atoms with Crippen molar-refractivity contribution >= 4 is 0 Å². The molecule has 0 atom stereocenters. The average Bonchev–Trinajstić information content (AvgIpc) is 2.13. The van der Waals surface area contributed by atoms with Crippen molar-refractivity contribution in [3.05, 3.63) is 24.3 Å². The number of hydrogen-bond acceptors (Lipinski definition) is 1. The molecule has 106 valence electrons. The molecule has 0 unspecified atom stereocenters. The molecule has 0 fully saturated rings. The zero-order chi connectivity index (χ0) is 14.9. The zero-order valence-electron chi connectivity index (χ0n) is 7.89. The summed E-state index contributed by atoms with van der Waals surface area (Å²) in [7, 11) is 0. The smallest absolute Gasteiger partial charge is 0.244 e. The summed E-state index contributed by atoms with van der Waals surface area (Å²) < 4.78 is 122. The van der Waals surface area contributed by atoms with Crippen molar-refractivity contribution < 1.29 is 48.6 Å². The Hall–Kier alpha value is -1.26. The Labute approximate surface area is 92.3 Å². The third kappa shape index (κ3) is 3.15. The molecule has 0 aromatic rings. The molecule has 1 nitrogen and oxygen atoms in total. The normalized spacial score (nSPS) is 13.4. The van der Waals surface area contributed by atoms with Crippen molar-refractivity contribution in [3.8, 4) is 0 Å². The second-order valence-corrected chi connectivity index (χ2v) is 2.69. The van der Waals surface area contributed by atoms with E-state index in [-0.39, 0.29) is 0 Å². The van der Waals surface area contributed by atoms with E-state index < -0.39 is 35.9 Å². The van der Waals surface area contributed by atoms with Crippen LogP contribution in [0.5, 0.6) is 0 Å². The van der Waals surface area contributed by atoms with Crippen LogP contribution in [0.15, 0.2) is 24.3 Å². The fourth-order valence-electron chi connectivity index (χ4n) is 0.538. The Morgan fingerprint density at radius 3 is 1.50 bits per heavy atom. The maximum absolute atomic E-state index is 12.4. The van der Waals surface area contributed by atoms with E-state index in [4.69, 9.17) is 0 Å². The summed E-state index contributed by atoms with van der Waals surface area (Å²) in [5, 5.41) is 0. The Balaban J connectivity index is 5.34. The van der Waals surface area contributed by atoms with Crippen molar-refractivity contribution in [2.45, 2.75) is 18.1 Å². The predicted molar refractivity (Wildman–Crippen MR) is 36.5 cm³/mol. The van der Waals surface area contributed by atoms with E-state index in [1.54, 1.807) is 6.58 Å². The molecule has 0 aromatic carbocycles. The summed E-state index contributed by atoms with van der Waals surface area (Å²) >= 11 is 0. The third-order valence-corrected chi connectivity index (χ3v) is 1.38. The van der Waals surface area contributed by atoms with Crippen LogP contribution in [0.2, 0.25) is 0 Å². The molecule has 0 amide bonds. The Kier molecular flexibility index (Phi) is 4.45. The minimum atomic E-state index is -6.30. The second-order valence-electron chi connectivity index (χ2n) is 2.69. The van der Waals surface area contributed by atoms with Gasteiger partial charge < -0.3 is 0 Å². The number of hydrogen-bond donors (Lipinski definition) is 0. The van der Waals surface area contributed by atoms with E-state index in [0.29, 0.717) is 0 Å². The molecule has 0 saturated heterocycles. The van der Waals surface area contributed by atoms with Crippen molar-refractivity contribution in [3.63, 3.8) is 0 Å². The molecule has 0 bridgehead atoms. The first-order valence-corrected chi connectivity index (χ1v) is 3.65. The molecule has 0 rings (SSSR count). The molecule has 0 aliphatic rings. The summed E-state index contributed by atoms with van der Waals surface area (Å²) in [6.45, 7) is 1.73. The Morgan fingerprint density at radius 2 is 1.22 bits per heavy atom. The molecular weight excluding hydrogens is 290 g/mol. The van der Waals surface area contributed by atoms with Gasteiger partial charge in [0.2, 0.25) is 0 Å². The van der Waals surface area contributed by atoms with Gasteiger partial charge in [-0.3, -0.25) is 0 Å². The van der Waals surface area contributed by atoms with E-state index in [9.17, 15) is 43.9 Å². The van der Waals surface area contributed by atoms with E-state index >= 15 is 0 Å². The lowest BCUT2D eigenvalue weighted by molar-refractivity contribution is -0.417. The number of rotatable bonds is 5. The largest absolute Gasteiger partial charge is 0.431 e. The molecule has 0 aliphatic heterocycles. The van der Waals surface area contributed by atoms with E-state index in [2.05, 4.69) is 0 Å². The van der Waals surface area contributed by atoms with Gasteiger partial charge in [-0.1, -0.05) is 6.58 Å². The molecule has 0 aliphatic carbocycles. The fourth-order valence-corrected chi connectivity index (χ4v) is 0.538. The van der Waals surface area contributed by atoms with Crippen molar-refractivity contribution in [2.24, 2.45) is 0 Å². The lowest BCUT2D eigenvalue weighted by Crippen LogP contribution is -2.47. The monoisotopic (exact) mass is 292 g/mol. The summed E-state index contributed by atoms with van der Waals surface area (Å²) in [6.07, 6.45) is -16.1. The standard InChI is InChI=1S/C7H2F10O/c1-2(8)5(12,13)7(16,17)18-6(14,15)3(9)4(10)11/h1H2. The molecule has 0 spiro atoms. The highest BCUT2D eigenvalue weighted by molar-refractivity contribution is 5.05. The lowest BCUT2D eigenvalue weighted by Gasteiger charge is -2.27. The highest BCUT2D eigenvalue weighted by Gasteiger charge is 2.66. The molecule has 18 heavy (non-hydrogen) atoms. The molecule has 0 heterocycles. The van der Waals surface area contributed by atoms with Gasteiger partial charge in [-0.15, -0.1) is 0 Å². The molecule has 0 saturated carbocycles. The van der Waals surface area contributed by atoms with Gasteiger partial charge in [-0.2, -0.15) is 39.5 Å². The van der Waals surface area contributed by atoms with E-state index in [0.717, 1.165) is 0 Å². The topological polar surface area (TPSA) is 9.23 Å². The molecule has 0 radical (unpaired) electrons. The first-order chi connectivity index (χ1) is 7.75. The Morgan fingerprint density at radius 1 is 0.833 bits per heavy atom. The van der Waals surface area contributed by atoms with Gasteiger partial charge in [0.1, 0.15) is 0 Å². The van der Waals surface area contributed by atoms with Crippen LogP contribution in [0.4, 0.5) is 43.9 Å². The quantitative estimate of drug-likeness (QED) is 0.683. The highest BCUT2D eigenvalue weighted by Crippen LogP contribution is 2.45. The Bertz CT molecular complexity index is 366. The predicted octanol–water partition coefficient (Wildman–Crippen LogP) is 4.38. The van der Waals surface area contributed by atoms with Gasteiger partial charge in [-0.05, 0) is 0 Å². The van der Waals surface area contributed by atoms with E-state index in [1.165, 1.54) is 0 Å². The van der Waals surface area contributed by atoms with Crippen LogP contribution in [-0.4, -0.2) is 18.1 Å². The zero-order valence-corrected chi connectivity index (χ0v) is 7.89. The van der Waals surface area contributed by atoms with Crippen molar-refractivity contribution in [1.82, 2.24) is 0 Å². The van der Waals surface area contributed by atoms with Crippen molar-refractivity contribution in [1.29, 1.82) is 0 Å².